The van der Waals surface area contributed by atoms with Gasteiger partial charge in [-0.2, -0.15) is 10.2 Å². The third-order valence-corrected chi connectivity index (χ3v) is 1.52. The fourth-order valence-corrected chi connectivity index (χ4v) is 0.908. The maximum absolute atomic E-state index is 4.55. The highest BCUT2D eigenvalue weighted by Gasteiger charge is 2.07. The Kier molecular flexibility index (Phi) is 1.12. The first-order valence-electron chi connectivity index (χ1n) is 3.21. The molecule has 5 nitrogen and oxygen atoms in total. The zero-order valence-corrected chi connectivity index (χ0v) is 6.20. The van der Waals surface area contributed by atoms with E-state index in [0.29, 0.717) is 11.0 Å². The van der Waals surface area contributed by atoms with E-state index in [1.807, 2.05) is 13.8 Å². The van der Waals surface area contributed by atoms with E-state index >= 15 is 0 Å². The molecule has 5 heteroatoms. The molecule has 0 aliphatic carbocycles. The predicted octanol–water partition coefficient (Wildman–Crippen LogP) is 0.630. The van der Waals surface area contributed by atoms with Gasteiger partial charge in [0.1, 0.15) is 0 Å². The number of rotatable bonds is 0. The fourth-order valence-electron chi connectivity index (χ4n) is 0.908. The Labute approximate surface area is 62.4 Å². The molecular formula is C6H6N4O. The van der Waals surface area contributed by atoms with Crippen LogP contribution in [-0.2, 0) is 0 Å². The Balaban J connectivity index is 2.96. The minimum absolute atomic E-state index is 0.692. The Morgan fingerprint density at radius 2 is 1.36 bits per heavy atom. The lowest BCUT2D eigenvalue weighted by Crippen LogP contribution is -1.91. The van der Waals surface area contributed by atoms with Crippen LogP contribution in [-0.4, -0.2) is 20.5 Å². The Morgan fingerprint density at radius 3 is 1.82 bits per heavy atom. The van der Waals surface area contributed by atoms with Crippen molar-refractivity contribution in [3.05, 3.63) is 11.4 Å². The SMILES string of the molecule is Cc1nnc(C)c2nonc12. The van der Waals surface area contributed by atoms with Gasteiger partial charge in [-0.1, -0.05) is 0 Å². The zero-order chi connectivity index (χ0) is 7.84. The number of fused-ring (bicyclic) bond motifs is 1. The highest BCUT2D eigenvalue weighted by molar-refractivity contribution is 5.76. The molecule has 2 aromatic rings. The molecule has 0 amide bonds. The summed E-state index contributed by atoms with van der Waals surface area (Å²) in [6.45, 7) is 3.64. The van der Waals surface area contributed by atoms with E-state index in [1.165, 1.54) is 0 Å². The molecule has 0 radical (unpaired) electrons. The van der Waals surface area contributed by atoms with E-state index in [0.717, 1.165) is 11.4 Å². The molecule has 0 aliphatic rings. The first-order chi connectivity index (χ1) is 5.29. The van der Waals surface area contributed by atoms with Gasteiger partial charge in [0.05, 0.1) is 11.4 Å². The van der Waals surface area contributed by atoms with Gasteiger partial charge in [-0.05, 0) is 24.2 Å². The van der Waals surface area contributed by atoms with Crippen molar-refractivity contribution in [2.45, 2.75) is 13.8 Å². The number of aromatic nitrogens is 4. The van der Waals surface area contributed by atoms with E-state index in [4.69, 9.17) is 0 Å². The van der Waals surface area contributed by atoms with Gasteiger partial charge < -0.3 is 0 Å². The Bertz CT molecular complexity index is 358. The van der Waals surface area contributed by atoms with E-state index in [-0.39, 0.29) is 0 Å². The summed E-state index contributed by atoms with van der Waals surface area (Å²) in [5.41, 5.74) is 2.87. The van der Waals surface area contributed by atoms with Crippen molar-refractivity contribution >= 4 is 11.0 Å². The Hall–Kier alpha value is -1.52. The van der Waals surface area contributed by atoms with Crippen molar-refractivity contribution in [3.8, 4) is 0 Å². The standard InChI is InChI=1S/C6H6N4O/c1-3-5-6(10-11-9-5)4(2)8-7-3/h1-2H3. The van der Waals surface area contributed by atoms with Gasteiger partial charge in [-0.3, -0.25) is 0 Å². The monoisotopic (exact) mass is 150 g/mol. The van der Waals surface area contributed by atoms with Crippen LogP contribution in [0.5, 0.6) is 0 Å². The summed E-state index contributed by atoms with van der Waals surface area (Å²) < 4.78 is 4.55. The van der Waals surface area contributed by atoms with Crippen LogP contribution in [0.3, 0.4) is 0 Å². The van der Waals surface area contributed by atoms with Crippen molar-refractivity contribution in [1.82, 2.24) is 20.5 Å². The van der Waals surface area contributed by atoms with Crippen molar-refractivity contribution in [1.29, 1.82) is 0 Å². The van der Waals surface area contributed by atoms with Gasteiger partial charge in [0.15, 0.2) is 11.0 Å². The molecule has 0 fully saturated rings. The maximum atomic E-state index is 4.55. The molecule has 0 atom stereocenters. The molecular weight excluding hydrogens is 144 g/mol. The number of hydrogen-bond donors (Lipinski definition) is 0. The summed E-state index contributed by atoms with van der Waals surface area (Å²) >= 11 is 0. The molecule has 2 rings (SSSR count). The maximum Gasteiger partial charge on any atom is 0.160 e. The summed E-state index contributed by atoms with van der Waals surface area (Å²) in [5, 5.41) is 15.1. The van der Waals surface area contributed by atoms with Gasteiger partial charge in [0.2, 0.25) is 0 Å². The van der Waals surface area contributed by atoms with Gasteiger partial charge in [0.25, 0.3) is 0 Å². The minimum Gasteiger partial charge on any atom is -0.243 e. The lowest BCUT2D eigenvalue weighted by atomic mass is 10.3. The van der Waals surface area contributed by atoms with Crippen LogP contribution in [0.2, 0.25) is 0 Å². The second kappa shape index (κ2) is 1.98. The summed E-state index contributed by atoms with van der Waals surface area (Å²) in [6.07, 6.45) is 0. The van der Waals surface area contributed by atoms with E-state index in [2.05, 4.69) is 25.1 Å². The average molecular weight is 150 g/mol. The fraction of sp³-hybridized carbons (Fsp3) is 0.333. The van der Waals surface area contributed by atoms with Gasteiger partial charge in [-0.15, -0.1) is 0 Å². The van der Waals surface area contributed by atoms with E-state index in [9.17, 15) is 0 Å². The lowest BCUT2D eigenvalue weighted by molar-refractivity contribution is 0.315. The van der Waals surface area contributed by atoms with Gasteiger partial charge >= 0.3 is 0 Å². The van der Waals surface area contributed by atoms with Gasteiger partial charge in [-0.25, -0.2) is 4.63 Å². The molecule has 0 aliphatic heterocycles. The number of hydrogen-bond acceptors (Lipinski definition) is 5. The molecule has 2 heterocycles. The molecule has 0 spiro atoms. The first-order valence-corrected chi connectivity index (χ1v) is 3.21. The molecule has 0 unspecified atom stereocenters. The Morgan fingerprint density at radius 1 is 0.909 bits per heavy atom. The van der Waals surface area contributed by atoms with Gasteiger partial charge in [0, 0.05) is 0 Å². The van der Waals surface area contributed by atoms with Crippen molar-refractivity contribution < 1.29 is 4.63 Å². The topological polar surface area (TPSA) is 64.7 Å². The average Bonchev–Trinajstić information content (AvgIpc) is 2.45. The van der Waals surface area contributed by atoms with Crippen LogP contribution in [0.4, 0.5) is 0 Å². The highest BCUT2D eigenvalue weighted by atomic mass is 16.6. The van der Waals surface area contributed by atoms with Crippen LogP contribution in [0.1, 0.15) is 11.4 Å². The molecule has 0 N–H and O–H groups in total. The van der Waals surface area contributed by atoms with E-state index < -0.39 is 0 Å². The third kappa shape index (κ3) is 0.772. The van der Waals surface area contributed by atoms with Crippen LogP contribution in [0.15, 0.2) is 4.63 Å². The van der Waals surface area contributed by atoms with Crippen LogP contribution in [0, 0.1) is 13.8 Å². The summed E-state index contributed by atoms with van der Waals surface area (Å²) in [7, 11) is 0. The summed E-state index contributed by atoms with van der Waals surface area (Å²) in [6, 6.07) is 0. The smallest absolute Gasteiger partial charge is 0.160 e. The quantitative estimate of drug-likeness (QED) is 0.551. The minimum atomic E-state index is 0.692. The van der Waals surface area contributed by atoms with Crippen LogP contribution in [0.25, 0.3) is 11.0 Å². The molecule has 0 bridgehead atoms. The molecule has 0 saturated heterocycles. The number of nitrogens with zero attached hydrogens (tertiary/aromatic N) is 4. The molecule has 56 valence electrons. The second-order valence-corrected chi connectivity index (χ2v) is 2.33. The molecule has 2 aromatic heterocycles. The molecule has 0 saturated carbocycles. The third-order valence-electron chi connectivity index (χ3n) is 1.52. The first kappa shape index (κ1) is 6.21. The number of aryl methyl sites for hydroxylation is 2. The zero-order valence-electron chi connectivity index (χ0n) is 6.20. The predicted molar refractivity (Wildman–Crippen MR) is 36.9 cm³/mol. The highest BCUT2D eigenvalue weighted by Crippen LogP contribution is 2.12. The van der Waals surface area contributed by atoms with Crippen molar-refractivity contribution in [2.75, 3.05) is 0 Å². The van der Waals surface area contributed by atoms with Crippen molar-refractivity contribution in [3.63, 3.8) is 0 Å². The van der Waals surface area contributed by atoms with E-state index in [1.54, 1.807) is 0 Å². The molecule has 11 heavy (non-hydrogen) atoms. The summed E-state index contributed by atoms with van der Waals surface area (Å²) in [4.78, 5) is 0. The largest absolute Gasteiger partial charge is 0.243 e. The molecule has 0 aromatic carbocycles. The van der Waals surface area contributed by atoms with Crippen LogP contribution < -0.4 is 0 Å². The summed E-state index contributed by atoms with van der Waals surface area (Å²) in [5.74, 6) is 0. The second-order valence-electron chi connectivity index (χ2n) is 2.33. The van der Waals surface area contributed by atoms with Crippen LogP contribution >= 0.6 is 0 Å². The normalized spacial score (nSPS) is 10.7. The van der Waals surface area contributed by atoms with Crippen molar-refractivity contribution in [2.24, 2.45) is 0 Å². The lowest BCUT2D eigenvalue weighted by Gasteiger charge is -1.90.